The fraction of sp³-hybridized carbons (Fsp3) is 0.875. The van der Waals surface area contributed by atoms with E-state index in [0.29, 0.717) is 6.42 Å². The summed E-state index contributed by atoms with van der Waals surface area (Å²) in [5.41, 5.74) is 4.88. The van der Waals surface area contributed by atoms with E-state index in [-0.39, 0.29) is 17.6 Å². The van der Waals surface area contributed by atoms with Crippen LogP contribution in [0.4, 0.5) is 8.87 Å². The first kappa shape index (κ1) is 8.87. The fourth-order valence-corrected chi connectivity index (χ4v) is 2.58. The summed E-state index contributed by atoms with van der Waals surface area (Å²) in [6.07, 6.45) is 2.22. The molecule has 0 radical (unpaired) electrons. The van der Waals surface area contributed by atoms with Gasteiger partial charge in [-0.2, -0.15) is 0 Å². The average Bonchev–Trinajstić information content (AvgIpc) is 2.57. The Morgan fingerprint density at radius 2 is 2.23 bits per heavy atom. The van der Waals surface area contributed by atoms with Gasteiger partial charge in [0.25, 0.3) is 11.7 Å². The van der Waals surface area contributed by atoms with Gasteiger partial charge in [-0.1, -0.05) is 11.5 Å². The van der Waals surface area contributed by atoms with Crippen LogP contribution in [-0.2, 0) is 4.79 Å². The first-order chi connectivity index (χ1) is 6.06. The summed E-state index contributed by atoms with van der Waals surface area (Å²) in [7, 11) is 0. The maximum absolute atomic E-state index is 13.9. The van der Waals surface area contributed by atoms with Gasteiger partial charge in [0.1, 0.15) is 0 Å². The molecule has 3 nitrogen and oxygen atoms in total. The zero-order valence-corrected chi connectivity index (χ0v) is 7.17. The maximum Gasteiger partial charge on any atom is 0.273 e. The smallest absolute Gasteiger partial charge is 0.273 e. The number of alkyl halides is 1. The van der Waals surface area contributed by atoms with Gasteiger partial charge in [0, 0.05) is 12.5 Å². The van der Waals surface area contributed by atoms with E-state index in [1.807, 2.05) is 0 Å². The Morgan fingerprint density at radius 1 is 1.54 bits per heavy atom. The van der Waals surface area contributed by atoms with E-state index in [9.17, 15) is 13.7 Å². The summed E-state index contributed by atoms with van der Waals surface area (Å²) in [5, 5.41) is -0.0240. The lowest BCUT2D eigenvalue weighted by molar-refractivity contribution is -0.172. The third kappa shape index (κ3) is 0.995. The summed E-state index contributed by atoms with van der Waals surface area (Å²) >= 11 is 0. The number of hydrogen-bond acceptors (Lipinski definition) is 2. The monoisotopic (exact) mass is 190 g/mol. The molecular weight excluding hydrogens is 178 g/mol. The highest BCUT2D eigenvalue weighted by atomic mass is 19.2. The average molecular weight is 190 g/mol. The lowest BCUT2D eigenvalue weighted by Crippen LogP contribution is -2.50. The van der Waals surface area contributed by atoms with Crippen LogP contribution in [0.3, 0.4) is 0 Å². The minimum Gasteiger partial charge on any atom is -0.366 e. The van der Waals surface area contributed by atoms with Crippen molar-refractivity contribution in [2.24, 2.45) is 17.6 Å². The van der Waals surface area contributed by atoms with Crippen molar-refractivity contribution >= 4 is 5.91 Å². The minimum absolute atomic E-state index is 0.00407. The highest BCUT2D eigenvalue weighted by Crippen LogP contribution is 2.49. The number of amides is 1. The largest absolute Gasteiger partial charge is 0.366 e. The second-order valence-electron chi connectivity index (χ2n) is 3.88. The van der Waals surface area contributed by atoms with Crippen LogP contribution < -0.4 is 5.73 Å². The number of primary amides is 1. The number of nitrogens with zero attached hydrogens (tertiary/aromatic N) is 1. The number of nitrogens with two attached hydrogens (primary N) is 1. The molecule has 1 amide bonds. The molecule has 3 unspecified atom stereocenters. The van der Waals surface area contributed by atoms with Crippen LogP contribution in [0.25, 0.3) is 0 Å². The topological polar surface area (TPSA) is 46.3 Å². The highest BCUT2D eigenvalue weighted by molar-refractivity contribution is 5.83. The second kappa shape index (κ2) is 2.64. The van der Waals surface area contributed by atoms with Crippen molar-refractivity contribution in [3.63, 3.8) is 0 Å². The molecule has 1 heterocycles. The van der Waals surface area contributed by atoms with Gasteiger partial charge in [-0.3, -0.25) is 4.79 Å². The van der Waals surface area contributed by atoms with Crippen LogP contribution >= 0.6 is 0 Å². The van der Waals surface area contributed by atoms with Crippen LogP contribution in [0.2, 0.25) is 0 Å². The number of carbonyl (C=O) groups excluding carboxylic acids is 1. The maximum atomic E-state index is 13.9. The van der Waals surface area contributed by atoms with Gasteiger partial charge in [-0.25, -0.2) is 4.39 Å². The molecule has 3 atom stereocenters. The first-order valence-corrected chi connectivity index (χ1v) is 4.49. The molecule has 2 fully saturated rings. The summed E-state index contributed by atoms with van der Waals surface area (Å²) in [5.74, 6) is -4.30. The SMILES string of the molecule is NC(=O)C1(F)C2CCCC2CN1F. The van der Waals surface area contributed by atoms with Crippen LogP contribution in [-0.4, -0.2) is 23.4 Å². The van der Waals surface area contributed by atoms with E-state index in [2.05, 4.69) is 0 Å². The number of rotatable bonds is 1. The van der Waals surface area contributed by atoms with Crippen LogP contribution in [0.15, 0.2) is 0 Å². The normalized spacial score (nSPS) is 45.1. The Hall–Kier alpha value is -0.710. The standard InChI is InChI=1S/C8H12F2N2O/c9-8(7(11)13)6-3-1-2-5(6)4-12(8)10/h5-6H,1-4H2,(H2,11,13). The van der Waals surface area contributed by atoms with E-state index in [4.69, 9.17) is 5.73 Å². The number of hydrogen-bond donors (Lipinski definition) is 1. The van der Waals surface area contributed by atoms with Crippen LogP contribution in [0.1, 0.15) is 19.3 Å². The first-order valence-electron chi connectivity index (χ1n) is 4.49. The summed E-state index contributed by atoms with van der Waals surface area (Å²) in [6.45, 7) is 0.00407. The van der Waals surface area contributed by atoms with Crippen molar-refractivity contribution in [1.29, 1.82) is 0 Å². The van der Waals surface area contributed by atoms with Gasteiger partial charge in [-0.05, 0) is 18.8 Å². The molecular formula is C8H12F2N2O. The van der Waals surface area contributed by atoms with E-state index in [0.717, 1.165) is 12.8 Å². The number of halogens is 2. The van der Waals surface area contributed by atoms with Crippen molar-refractivity contribution in [2.75, 3.05) is 6.54 Å². The Kier molecular flexibility index (Phi) is 1.80. The molecule has 1 saturated carbocycles. The van der Waals surface area contributed by atoms with Gasteiger partial charge in [0.2, 0.25) is 0 Å². The molecule has 0 spiro atoms. The van der Waals surface area contributed by atoms with Gasteiger partial charge >= 0.3 is 0 Å². The molecule has 0 aromatic rings. The van der Waals surface area contributed by atoms with Crippen molar-refractivity contribution in [3.8, 4) is 0 Å². The fourth-order valence-electron chi connectivity index (χ4n) is 2.58. The van der Waals surface area contributed by atoms with Crippen molar-refractivity contribution in [1.82, 2.24) is 5.12 Å². The van der Waals surface area contributed by atoms with Gasteiger partial charge < -0.3 is 5.73 Å². The minimum atomic E-state index is -2.54. The predicted octanol–water partition coefficient (Wildman–Crippen LogP) is 0.754. The molecule has 1 saturated heterocycles. The molecule has 5 heteroatoms. The molecule has 2 rings (SSSR count). The van der Waals surface area contributed by atoms with E-state index in [1.54, 1.807) is 0 Å². The molecule has 0 aromatic carbocycles. The molecule has 1 aliphatic carbocycles. The van der Waals surface area contributed by atoms with Crippen LogP contribution in [0.5, 0.6) is 0 Å². The van der Waals surface area contributed by atoms with Crippen molar-refractivity contribution in [2.45, 2.75) is 25.1 Å². The third-order valence-corrected chi connectivity index (χ3v) is 3.24. The second-order valence-corrected chi connectivity index (χ2v) is 3.88. The Labute approximate surface area is 74.8 Å². The summed E-state index contributed by atoms with van der Waals surface area (Å²) in [6, 6.07) is 0. The Balaban J connectivity index is 2.30. The lowest BCUT2D eigenvalue weighted by atomic mass is 9.92. The Bertz CT molecular complexity index is 248. The van der Waals surface area contributed by atoms with E-state index < -0.39 is 17.6 Å². The molecule has 2 N–H and O–H groups in total. The van der Waals surface area contributed by atoms with Crippen molar-refractivity contribution < 1.29 is 13.7 Å². The number of carbonyl (C=O) groups is 1. The zero-order chi connectivity index (χ0) is 9.64. The van der Waals surface area contributed by atoms with E-state index in [1.165, 1.54) is 0 Å². The molecule has 0 bridgehead atoms. The molecule has 2 aliphatic rings. The lowest BCUT2D eigenvalue weighted by Gasteiger charge is -2.25. The zero-order valence-electron chi connectivity index (χ0n) is 7.17. The summed E-state index contributed by atoms with van der Waals surface area (Å²) in [4.78, 5) is 10.8. The van der Waals surface area contributed by atoms with Crippen LogP contribution in [0, 0.1) is 11.8 Å². The number of fused-ring (bicyclic) bond motifs is 1. The highest BCUT2D eigenvalue weighted by Gasteiger charge is 2.61. The molecule has 1 aliphatic heterocycles. The van der Waals surface area contributed by atoms with Gasteiger partial charge in [0.05, 0.1) is 0 Å². The van der Waals surface area contributed by atoms with Gasteiger partial charge in [0.15, 0.2) is 0 Å². The third-order valence-electron chi connectivity index (χ3n) is 3.24. The van der Waals surface area contributed by atoms with E-state index >= 15 is 0 Å². The quantitative estimate of drug-likeness (QED) is 0.490. The molecule has 13 heavy (non-hydrogen) atoms. The Morgan fingerprint density at radius 3 is 2.85 bits per heavy atom. The van der Waals surface area contributed by atoms with Crippen molar-refractivity contribution in [3.05, 3.63) is 0 Å². The molecule has 74 valence electrons. The molecule has 0 aromatic heterocycles. The summed E-state index contributed by atoms with van der Waals surface area (Å²) < 4.78 is 27.0. The predicted molar refractivity (Wildman–Crippen MR) is 41.7 cm³/mol. The van der Waals surface area contributed by atoms with Gasteiger partial charge in [-0.15, -0.1) is 4.48 Å².